The zero-order valence-electron chi connectivity index (χ0n) is 9.10. The van der Waals surface area contributed by atoms with E-state index in [1.807, 2.05) is 43.5 Å². The highest BCUT2D eigenvalue weighted by Gasteiger charge is 2.16. The monoisotopic (exact) mass is 201 g/mol. The number of ether oxygens (including phenoxy) is 1. The van der Waals surface area contributed by atoms with Crippen molar-refractivity contribution >= 4 is 18.0 Å². The SMILES string of the molecule is CC=Cc1cccc2c1OC(CC)C=N2. The van der Waals surface area contributed by atoms with E-state index >= 15 is 0 Å². The van der Waals surface area contributed by atoms with E-state index in [0.29, 0.717) is 0 Å². The Hall–Kier alpha value is -1.57. The van der Waals surface area contributed by atoms with E-state index < -0.39 is 0 Å². The van der Waals surface area contributed by atoms with Gasteiger partial charge in [0.2, 0.25) is 0 Å². The van der Waals surface area contributed by atoms with Crippen LogP contribution >= 0.6 is 0 Å². The van der Waals surface area contributed by atoms with Gasteiger partial charge in [0.25, 0.3) is 0 Å². The van der Waals surface area contributed by atoms with Crippen molar-refractivity contribution in [3.63, 3.8) is 0 Å². The fourth-order valence-corrected chi connectivity index (χ4v) is 1.62. The van der Waals surface area contributed by atoms with Gasteiger partial charge in [-0.25, -0.2) is 0 Å². The van der Waals surface area contributed by atoms with Gasteiger partial charge in [0.15, 0.2) is 5.75 Å². The molecule has 1 aliphatic rings. The third-order valence-electron chi connectivity index (χ3n) is 2.42. The van der Waals surface area contributed by atoms with Crippen molar-refractivity contribution in [2.24, 2.45) is 4.99 Å². The van der Waals surface area contributed by atoms with Crippen LogP contribution in [-0.2, 0) is 0 Å². The number of hydrogen-bond donors (Lipinski definition) is 0. The van der Waals surface area contributed by atoms with Gasteiger partial charge in [-0.3, -0.25) is 4.99 Å². The zero-order chi connectivity index (χ0) is 10.7. The van der Waals surface area contributed by atoms with Crippen LogP contribution < -0.4 is 4.74 Å². The largest absolute Gasteiger partial charge is 0.482 e. The molecule has 1 aromatic carbocycles. The van der Waals surface area contributed by atoms with Crippen molar-refractivity contribution in [3.05, 3.63) is 29.8 Å². The number of para-hydroxylation sites is 1. The van der Waals surface area contributed by atoms with Crippen molar-refractivity contribution in [1.29, 1.82) is 0 Å². The maximum Gasteiger partial charge on any atom is 0.153 e. The maximum atomic E-state index is 5.86. The van der Waals surface area contributed by atoms with Crippen molar-refractivity contribution in [1.82, 2.24) is 0 Å². The van der Waals surface area contributed by atoms with Gasteiger partial charge in [-0.15, -0.1) is 0 Å². The Morgan fingerprint density at radius 3 is 3.07 bits per heavy atom. The molecule has 0 fully saturated rings. The minimum absolute atomic E-state index is 0.115. The van der Waals surface area contributed by atoms with Crippen LogP contribution in [0.1, 0.15) is 25.8 Å². The fourth-order valence-electron chi connectivity index (χ4n) is 1.62. The Kier molecular flexibility index (Phi) is 2.86. The first-order valence-electron chi connectivity index (χ1n) is 5.31. The van der Waals surface area contributed by atoms with Gasteiger partial charge in [0, 0.05) is 11.8 Å². The second kappa shape index (κ2) is 4.30. The molecule has 15 heavy (non-hydrogen) atoms. The lowest BCUT2D eigenvalue weighted by Crippen LogP contribution is -2.19. The number of benzene rings is 1. The summed E-state index contributed by atoms with van der Waals surface area (Å²) in [6, 6.07) is 6.03. The molecular formula is C13H15NO. The average Bonchev–Trinajstić information content (AvgIpc) is 2.29. The minimum Gasteiger partial charge on any atom is -0.482 e. The molecule has 0 N–H and O–H groups in total. The Morgan fingerprint density at radius 1 is 1.47 bits per heavy atom. The van der Waals surface area contributed by atoms with E-state index in [2.05, 4.69) is 11.9 Å². The number of aliphatic imine (C=N–C) groups is 1. The molecule has 2 nitrogen and oxygen atoms in total. The van der Waals surface area contributed by atoms with E-state index in [0.717, 1.165) is 23.4 Å². The molecular weight excluding hydrogens is 186 g/mol. The van der Waals surface area contributed by atoms with Crippen LogP contribution in [0.25, 0.3) is 6.08 Å². The third-order valence-corrected chi connectivity index (χ3v) is 2.42. The molecule has 78 valence electrons. The van der Waals surface area contributed by atoms with Crippen LogP contribution in [-0.4, -0.2) is 12.3 Å². The van der Waals surface area contributed by atoms with E-state index in [-0.39, 0.29) is 6.10 Å². The van der Waals surface area contributed by atoms with Gasteiger partial charge < -0.3 is 4.74 Å². The van der Waals surface area contributed by atoms with Crippen LogP contribution in [0, 0.1) is 0 Å². The highest BCUT2D eigenvalue weighted by Crippen LogP contribution is 2.35. The van der Waals surface area contributed by atoms with Crippen LogP contribution in [0.4, 0.5) is 5.69 Å². The molecule has 2 heteroatoms. The molecule has 1 heterocycles. The first kappa shape index (κ1) is 9.97. The number of allylic oxidation sites excluding steroid dienone is 1. The molecule has 0 saturated carbocycles. The fraction of sp³-hybridized carbons (Fsp3) is 0.308. The maximum absolute atomic E-state index is 5.86. The molecule has 1 atom stereocenters. The first-order valence-corrected chi connectivity index (χ1v) is 5.31. The van der Waals surface area contributed by atoms with Crippen LogP contribution in [0.15, 0.2) is 29.3 Å². The van der Waals surface area contributed by atoms with Crippen LogP contribution in [0.2, 0.25) is 0 Å². The number of rotatable bonds is 2. The van der Waals surface area contributed by atoms with E-state index in [1.54, 1.807) is 0 Å². The van der Waals surface area contributed by atoms with Gasteiger partial charge in [0.1, 0.15) is 11.8 Å². The molecule has 0 saturated heterocycles. The summed E-state index contributed by atoms with van der Waals surface area (Å²) in [7, 11) is 0. The zero-order valence-corrected chi connectivity index (χ0v) is 9.10. The summed E-state index contributed by atoms with van der Waals surface area (Å²) in [5.41, 5.74) is 2.03. The topological polar surface area (TPSA) is 21.6 Å². The molecule has 0 radical (unpaired) electrons. The third kappa shape index (κ3) is 1.94. The average molecular weight is 201 g/mol. The van der Waals surface area contributed by atoms with Crippen LogP contribution in [0.3, 0.4) is 0 Å². The van der Waals surface area contributed by atoms with Crippen molar-refractivity contribution in [2.45, 2.75) is 26.4 Å². The number of fused-ring (bicyclic) bond motifs is 1. The van der Waals surface area contributed by atoms with Gasteiger partial charge >= 0.3 is 0 Å². The Labute approximate surface area is 90.3 Å². The Balaban J connectivity index is 2.43. The van der Waals surface area contributed by atoms with Crippen molar-refractivity contribution in [3.8, 4) is 5.75 Å². The number of nitrogens with zero attached hydrogens (tertiary/aromatic N) is 1. The van der Waals surface area contributed by atoms with Crippen molar-refractivity contribution in [2.75, 3.05) is 0 Å². The predicted molar refractivity (Wildman–Crippen MR) is 64.0 cm³/mol. The highest BCUT2D eigenvalue weighted by atomic mass is 16.5. The first-order chi connectivity index (χ1) is 7.35. The van der Waals surface area contributed by atoms with Gasteiger partial charge in [0.05, 0.1) is 0 Å². The minimum atomic E-state index is 0.115. The Bertz CT molecular complexity index is 407. The summed E-state index contributed by atoms with van der Waals surface area (Å²) in [4.78, 5) is 4.40. The molecule has 0 amide bonds. The summed E-state index contributed by atoms with van der Waals surface area (Å²) in [5, 5.41) is 0. The summed E-state index contributed by atoms with van der Waals surface area (Å²) in [6.07, 6.45) is 7.00. The lowest BCUT2D eigenvalue weighted by atomic mass is 10.1. The molecule has 0 aliphatic carbocycles. The van der Waals surface area contributed by atoms with Gasteiger partial charge in [-0.2, -0.15) is 0 Å². The Morgan fingerprint density at radius 2 is 2.33 bits per heavy atom. The van der Waals surface area contributed by atoms with Crippen LogP contribution in [0.5, 0.6) is 5.75 Å². The van der Waals surface area contributed by atoms with E-state index in [4.69, 9.17) is 4.74 Å². The molecule has 2 rings (SSSR count). The smallest absolute Gasteiger partial charge is 0.153 e. The molecule has 1 unspecified atom stereocenters. The predicted octanol–water partition coefficient (Wildman–Crippen LogP) is 3.59. The highest BCUT2D eigenvalue weighted by molar-refractivity contribution is 5.77. The molecule has 0 aromatic heterocycles. The van der Waals surface area contributed by atoms with Gasteiger partial charge in [-0.1, -0.05) is 31.2 Å². The number of hydrogen-bond acceptors (Lipinski definition) is 2. The molecule has 1 aromatic rings. The summed E-state index contributed by atoms with van der Waals surface area (Å²) < 4.78 is 5.86. The second-order valence-corrected chi connectivity index (χ2v) is 3.54. The summed E-state index contributed by atoms with van der Waals surface area (Å²) in [6.45, 7) is 4.10. The van der Waals surface area contributed by atoms with E-state index in [1.165, 1.54) is 0 Å². The van der Waals surface area contributed by atoms with Crippen molar-refractivity contribution < 1.29 is 4.74 Å². The lowest BCUT2D eigenvalue weighted by molar-refractivity contribution is 0.263. The molecule has 1 aliphatic heterocycles. The lowest BCUT2D eigenvalue weighted by Gasteiger charge is -2.20. The van der Waals surface area contributed by atoms with E-state index in [9.17, 15) is 0 Å². The normalized spacial score (nSPS) is 18.9. The molecule has 0 spiro atoms. The summed E-state index contributed by atoms with van der Waals surface area (Å²) >= 11 is 0. The summed E-state index contributed by atoms with van der Waals surface area (Å²) in [5.74, 6) is 0.907. The second-order valence-electron chi connectivity index (χ2n) is 3.54. The molecule has 0 bridgehead atoms. The van der Waals surface area contributed by atoms with Gasteiger partial charge in [-0.05, 0) is 19.4 Å². The standard InChI is InChI=1S/C13H15NO/c1-3-6-10-7-5-8-12-13(10)15-11(4-2)9-14-12/h3,5-9,11H,4H2,1-2H3. The quantitative estimate of drug-likeness (QED) is 0.716.